The van der Waals surface area contributed by atoms with Gasteiger partial charge in [0, 0.05) is 35.3 Å². The fourth-order valence-electron chi connectivity index (χ4n) is 7.98. The highest BCUT2D eigenvalue weighted by molar-refractivity contribution is 7.71. The Morgan fingerprint density at radius 2 is 0.679 bits per heavy atom. The Morgan fingerprint density at radius 3 is 0.925 bits per heavy atom. The monoisotopic (exact) mass is 752 g/mol. The van der Waals surface area contributed by atoms with Gasteiger partial charge in [-0.3, -0.25) is 0 Å². The molecule has 0 amide bonds. The summed E-state index contributed by atoms with van der Waals surface area (Å²) >= 11 is 0. The van der Waals surface area contributed by atoms with Crippen molar-refractivity contribution in [2.24, 2.45) is 0 Å². The van der Waals surface area contributed by atoms with Crippen LogP contribution in [0.1, 0.15) is 182 Å². The predicted octanol–water partition coefficient (Wildman–Crippen LogP) is 14.7. The molecule has 0 spiro atoms. The fraction of sp³-hybridized carbons (Fsp3) is 0.510. The van der Waals surface area contributed by atoms with Gasteiger partial charge < -0.3 is 9.13 Å². The van der Waals surface area contributed by atoms with E-state index < -0.39 is 14.3 Å². The lowest BCUT2D eigenvalue weighted by Gasteiger charge is -2.30. The van der Waals surface area contributed by atoms with E-state index in [1.54, 1.807) is 0 Å². The van der Waals surface area contributed by atoms with Crippen LogP contribution in [0.25, 0.3) is 0 Å². The summed E-state index contributed by atoms with van der Waals surface area (Å²) in [5, 5.41) is 2.28. The molecule has 4 aromatic rings. The van der Waals surface area contributed by atoms with Crippen molar-refractivity contribution in [2.75, 3.05) is 12.3 Å². The van der Waals surface area contributed by atoms with E-state index in [9.17, 15) is 0 Å². The molecule has 2 unspecified atom stereocenters. The van der Waals surface area contributed by atoms with Crippen LogP contribution in [0, 0.1) is 0 Å². The first-order chi connectivity index (χ1) is 25.0. The van der Waals surface area contributed by atoms with Crippen molar-refractivity contribution in [3.8, 4) is 0 Å². The maximum Gasteiger partial charge on any atom is 0.120 e. The van der Waals surface area contributed by atoms with Crippen molar-refractivity contribution in [3.63, 3.8) is 0 Å². The number of unbranched alkanes of at least 4 members (excludes halogenated alkanes) is 2. The summed E-state index contributed by atoms with van der Waals surface area (Å²) in [6, 6.07) is 30.4. The summed E-state index contributed by atoms with van der Waals surface area (Å²) in [6.45, 7) is 27.1. The standard InChI is InChI=1S/C49H70O2P2/c1-34(2)42-28-44(36(5)6)48(45(29-42)37(7)8)52(50,32-40-22-16-13-17-23-40)26-20-15-21-27-53(51,33-41-24-18-14-19-25-41)49-46(38(9)10)30-43(35(3)4)31-47(49)39(11)12/h13-14,16-19,22-25,28-31,34-39H,15,20-21,26-27,32-33H2,1-12H3. The average molecular weight is 753 g/mol. The molecule has 4 aromatic carbocycles. The number of benzene rings is 4. The molecular weight excluding hydrogens is 682 g/mol. The number of hydrogen-bond donors (Lipinski definition) is 0. The minimum absolute atomic E-state index is 0.279. The first-order valence-electron chi connectivity index (χ1n) is 20.6. The van der Waals surface area contributed by atoms with Crippen molar-refractivity contribution < 1.29 is 9.13 Å². The van der Waals surface area contributed by atoms with Crippen LogP contribution in [0.4, 0.5) is 0 Å². The zero-order valence-electron chi connectivity index (χ0n) is 35.2. The van der Waals surface area contributed by atoms with Crippen LogP contribution in [0.5, 0.6) is 0 Å². The highest BCUT2D eigenvalue weighted by atomic mass is 31.2. The maximum absolute atomic E-state index is 15.8. The lowest BCUT2D eigenvalue weighted by Crippen LogP contribution is -2.23. The van der Waals surface area contributed by atoms with Crippen LogP contribution in [0.2, 0.25) is 0 Å². The molecule has 0 aliphatic rings. The zero-order chi connectivity index (χ0) is 39.1. The Kier molecular flexibility index (Phi) is 15.3. The average Bonchev–Trinajstić information content (AvgIpc) is 3.10. The van der Waals surface area contributed by atoms with E-state index in [1.807, 2.05) is 12.1 Å². The van der Waals surface area contributed by atoms with Crippen LogP contribution in [-0.2, 0) is 21.5 Å². The van der Waals surface area contributed by atoms with Gasteiger partial charge in [0.15, 0.2) is 0 Å². The van der Waals surface area contributed by atoms with Gasteiger partial charge in [-0.15, -0.1) is 0 Å². The summed E-state index contributed by atoms with van der Waals surface area (Å²) in [4.78, 5) is 0. The molecule has 0 saturated heterocycles. The van der Waals surface area contributed by atoms with Gasteiger partial charge in [-0.1, -0.05) is 174 Å². The van der Waals surface area contributed by atoms with E-state index in [-0.39, 0.29) is 23.7 Å². The molecule has 2 atom stereocenters. The maximum atomic E-state index is 15.8. The molecule has 4 heteroatoms. The summed E-state index contributed by atoms with van der Waals surface area (Å²) < 4.78 is 31.6. The first-order valence-corrected chi connectivity index (χ1v) is 24.7. The van der Waals surface area contributed by atoms with E-state index in [0.717, 1.165) is 41.0 Å². The van der Waals surface area contributed by atoms with Crippen molar-refractivity contribution >= 4 is 24.9 Å². The molecule has 4 rings (SSSR count). The summed E-state index contributed by atoms with van der Waals surface area (Å²) in [7, 11) is -5.69. The van der Waals surface area contributed by atoms with Crippen LogP contribution in [-0.4, -0.2) is 12.3 Å². The Hall–Kier alpha value is -2.66. The third kappa shape index (κ3) is 10.8. The quantitative estimate of drug-likeness (QED) is 0.0749. The van der Waals surface area contributed by atoms with E-state index in [0.29, 0.717) is 36.5 Å². The highest BCUT2D eigenvalue weighted by Crippen LogP contribution is 2.55. The van der Waals surface area contributed by atoms with Gasteiger partial charge in [0.25, 0.3) is 0 Å². The summed E-state index contributed by atoms with van der Waals surface area (Å²) in [5.41, 5.74) is 10.0. The van der Waals surface area contributed by atoms with Crippen molar-refractivity contribution in [1.29, 1.82) is 0 Å². The molecule has 288 valence electrons. The van der Waals surface area contributed by atoms with Gasteiger partial charge in [-0.05, 0) is 92.9 Å². The van der Waals surface area contributed by atoms with Gasteiger partial charge in [-0.2, -0.15) is 0 Å². The molecule has 0 fully saturated rings. The second-order valence-electron chi connectivity index (χ2n) is 17.6. The second kappa shape index (κ2) is 18.8. The Bertz CT molecular complexity index is 1670. The SMILES string of the molecule is CC(C)c1cc(C(C)C)c(P(=O)(CCCCCP(=O)(Cc2ccccc2)c2c(C(C)C)cc(C(C)C)cc2C(C)C)Cc2ccccc2)c(C(C)C)c1. The van der Waals surface area contributed by atoms with Crippen molar-refractivity contribution in [3.05, 3.63) is 129 Å². The van der Waals surface area contributed by atoms with Gasteiger partial charge in [-0.25, -0.2) is 0 Å². The number of rotatable bonds is 18. The molecular formula is C49H70O2P2. The van der Waals surface area contributed by atoms with Crippen LogP contribution in [0.3, 0.4) is 0 Å². The molecule has 0 saturated carbocycles. The zero-order valence-corrected chi connectivity index (χ0v) is 37.0. The molecule has 0 aliphatic carbocycles. The summed E-state index contributed by atoms with van der Waals surface area (Å²) in [5.74, 6) is 1.94. The lowest BCUT2D eigenvalue weighted by atomic mass is 9.89. The molecule has 53 heavy (non-hydrogen) atoms. The van der Waals surface area contributed by atoms with Gasteiger partial charge in [0.05, 0.1) is 0 Å². The van der Waals surface area contributed by atoms with Crippen molar-refractivity contribution in [1.82, 2.24) is 0 Å². The van der Waals surface area contributed by atoms with E-state index in [4.69, 9.17) is 0 Å². The van der Waals surface area contributed by atoms with Gasteiger partial charge >= 0.3 is 0 Å². The Balaban J connectivity index is 1.73. The molecule has 0 N–H and O–H groups in total. The van der Waals surface area contributed by atoms with Gasteiger partial charge in [0.2, 0.25) is 0 Å². The molecule has 2 nitrogen and oxygen atoms in total. The minimum atomic E-state index is -2.85. The minimum Gasteiger partial charge on any atom is -0.318 e. The second-order valence-corrected chi connectivity index (χ2v) is 23.6. The van der Waals surface area contributed by atoms with E-state index in [1.165, 1.54) is 33.4 Å². The van der Waals surface area contributed by atoms with Gasteiger partial charge in [0.1, 0.15) is 14.3 Å². The normalized spacial score (nSPS) is 14.5. The number of hydrogen-bond acceptors (Lipinski definition) is 2. The predicted molar refractivity (Wildman–Crippen MR) is 236 cm³/mol. The van der Waals surface area contributed by atoms with E-state index in [2.05, 4.69) is 156 Å². The smallest absolute Gasteiger partial charge is 0.120 e. The largest absolute Gasteiger partial charge is 0.318 e. The summed E-state index contributed by atoms with van der Waals surface area (Å²) in [6.07, 6.45) is 5.13. The third-order valence-corrected chi connectivity index (χ3v) is 17.6. The van der Waals surface area contributed by atoms with Crippen LogP contribution in [0.15, 0.2) is 84.9 Å². The fourth-order valence-corrected chi connectivity index (χ4v) is 15.3. The van der Waals surface area contributed by atoms with Crippen LogP contribution < -0.4 is 10.6 Å². The van der Waals surface area contributed by atoms with E-state index >= 15 is 9.13 Å². The van der Waals surface area contributed by atoms with Crippen molar-refractivity contribution in [2.45, 2.75) is 150 Å². The molecule has 0 bridgehead atoms. The molecule has 0 radical (unpaired) electrons. The third-order valence-electron chi connectivity index (χ3n) is 11.1. The molecule has 0 heterocycles. The first kappa shape index (κ1) is 43.1. The Morgan fingerprint density at radius 1 is 0.396 bits per heavy atom. The molecule has 0 aliphatic heterocycles. The van der Waals surface area contributed by atoms with Crippen LogP contribution >= 0.6 is 14.3 Å². The topological polar surface area (TPSA) is 34.1 Å². The Labute approximate surface area is 324 Å². The highest BCUT2D eigenvalue weighted by Gasteiger charge is 2.35. The molecule has 0 aromatic heterocycles. The lowest BCUT2D eigenvalue weighted by molar-refractivity contribution is 0.573.